The van der Waals surface area contributed by atoms with Crippen LogP contribution in [0.4, 0.5) is 11.8 Å². The lowest BCUT2D eigenvalue weighted by Crippen LogP contribution is -2.50. The number of piperazine rings is 1. The number of amides is 1. The second kappa shape index (κ2) is 8.23. The van der Waals surface area contributed by atoms with Gasteiger partial charge in [-0.1, -0.05) is 0 Å². The van der Waals surface area contributed by atoms with Crippen molar-refractivity contribution in [1.82, 2.24) is 19.4 Å². The molecule has 0 unspecified atom stereocenters. The molecule has 2 fully saturated rings. The Kier molecular flexibility index (Phi) is 5.51. The molecule has 0 N–H and O–H groups in total. The van der Waals surface area contributed by atoms with E-state index in [4.69, 9.17) is 4.98 Å². The van der Waals surface area contributed by atoms with Gasteiger partial charge in [0.2, 0.25) is 5.95 Å². The van der Waals surface area contributed by atoms with E-state index in [0.717, 1.165) is 30.5 Å². The molecule has 4 rings (SSSR count). The number of aryl methyl sites for hydroxylation is 2. The van der Waals surface area contributed by atoms with Crippen LogP contribution < -0.4 is 15.4 Å². The number of anilines is 2. The van der Waals surface area contributed by atoms with E-state index in [2.05, 4.69) is 14.8 Å². The Morgan fingerprint density at radius 3 is 2.41 bits per heavy atom. The first-order chi connectivity index (χ1) is 14.0. The molecule has 8 nitrogen and oxygen atoms in total. The molecular formula is C21H28N6O2. The lowest BCUT2D eigenvalue weighted by molar-refractivity contribution is 0.0744. The van der Waals surface area contributed by atoms with Crippen molar-refractivity contribution < 1.29 is 4.79 Å². The van der Waals surface area contributed by atoms with Gasteiger partial charge < -0.3 is 19.3 Å². The van der Waals surface area contributed by atoms with Gasteiger partial charge in [0, 0.05) is 64.3 Å². The summed E-state index contributed by atoms with van der Waals surface area (Å²) in [4.78, 5) is 40.7. The molecule has 2 aliphatic heterocycles. The summed E-state index contributed by atoms with van der Waals surface area (Å²) in [5.41, 5.74) is 0.938. The van der Waals surface area contributed by atoms with Crippen LogP contribution in [0.2, 0.25) is 0 Å². The van der Waals surface area contributed by atoms with E-state index in [1.807, 2.05) is 13.0 Å². The highest BCUT2D eigenvalue weighted by Gasteiger charge is 2.25. The van der Waals surface area contributed by atoms with Gasteiger partial charge in [-0.3, -0.25) is 9.59 Å². The molecule has 0 aromatic carbocycles. The largest absolute Gasteiger partial charge is 0.353 e. The summed E-state index contributed by atoms with van der Waals surface area (Å²) in [6, 6.07) is 5.35. The average molecular weight is 396 g/mol. The van der Waals surface area contributed by atoms with Crippen LogP contribution >= 0.6 is 0 Å². The zero-order valence-corrected chi connectivity index (χ0v) is 17.2. The number of hydrogen-bond acceptors (Lipinski definition) is 6. The van der Waals surface area contributed by atoms with E-state index in [1.165, 1.54) is 23.8 Å². The third kappa shape index (κ3) is 4.11. The fourth-order valence-corrected chi connectivity index (χ4v) is 4.00. The maximum absolute atomic E-state index is 12.8. The van der Waals surface area contributed by atoms with E-state index in [-0.39, 0.29) is 17.0 Å². The van der Waals surface area contributed by atoms with Crippen molar-refractivity contribution in [3.63, 3.8) is 0 Å². The molecule has 2 aromatic rings. The summed E-state index contributed by atoms with van der Waals surface area (Å²) in [6.07, 6.45) is 5.31. The number of pyridine rings is 1. The number of aromatic nitrogens is 3. The lowest BCUT2D eigenvalue weighted by atomic mass is 10.1. The topological polar surface area (TPSA) is 74.6 Å². The molecule has 4 heterocycles. The van der Waals surface area contributed by atoms with Crippen molar-refractivity contribution in [3.05, 3.63) is 46.0 Å². The number of rotatable bonds is 3. The minimum atomic E-state index is -0.252. The van der Waals surface area contributed by atoms with Crippen LogP contribution in [0.15, 0.2) is 29.2 Å². The maximum Gasteiger partial charge on any atom is 0.263 e. The predicted molar refractivity (Wildman–Crippen MR) is 113 cm³/mol. The zero-order valence-electron chi connectivity index (χ0n) is 17.2. The molecule has 154 valence electrons. The third-order valence-corrected chi connectivity index (χ3v) is 5.71. The molecule has 0 atom stereocenters. The molecule has 8 heteroatoms. The van der Waals surface area contributed by atoms with Gasteiger partial charge in [0.25, 0.3) is 11.5 Å². The lowest BCUT2D eigenvalue weighted by Gasteiger charge is -2.36. The fraction of sp³-hybridized carbons (Fsp3) is 0.524. The van der Waals surface area contributed by atoms with Gasteiger partial charge in [-0.2, -0.15) is 4.98 Å². The van der Waals surface area contributed by atoms with Crippen molar-refractivity contribution in [3.8, 4) is 0 Å². The number of hydrogen-bond donors (Lipinski definition) is 0. The van der Waals surface area contributed by atoms with Gasteiger partial charge in [-0.25, -0.2) is 4.98 Å². The Hall–Kier alpha value is -2.90. The molecule has 0 saturated carbocycles. The highest BCUT2D eigenvalue weighted by atomic mass is 16.2. The van der Waals surface area contributed by atoms with E-state index in [0.29, 0.717) is 26.2 Å². The molecule has 2 saturated heterocycles. The van der Waals surface area contributed by atoms with Crippen LogP contribution in [0.1, 0.15) is 35.3 Å². The van der Waals surface area contributed by atoms with Gasteiger partial charge in [0.05, 0.1) is 0 Å². The van der Waals surface area contributed by atoms with E-state index in [1.54, 1.807) is 30.3 Å². The Morgan fingerprint density at radius 1 is 0.966 bits per heavy atom. The quantitative estimate of drug-likeness (QED) is 0.782. The van der Waals surface area contributed by atoms with Crippen LogP contribution in [0.5, 0.6) is 0 Å². The summed E-state index contributed by atoms with van der Waals surface area (Å²) in [5.74, 6) is 1.53. The summed E-state index contributed by atoms with van der Waals surface area (Å²) in [7, 11) is 1.66. The summed E-state index contributed by atoms with van der Waals surface area (Å²) >= 11 is 0. The second-order valence-corrected chi connectivity index (χ2v) is 7.83. The SMILES string of the molecule is Cc1cc(N2CCN(C(=O)c3cccn(C)c3=O)CC2)nc(N2CCCCC2)n1. The maximum atomic E-state index is 12.8. The van der Waals surface area contributed by atoms with Crippen molar-refractivity contribution in [1.29, 1.82) is 0 Å². The van der Waals surface area contributed by atoms with Crippen LogP contribution in [0.25, 0.3) is 0 Å². The van der Waals surface area contributed by atoms with Crippen molar-refractivity contribution in [2.45, 2.75) is 26.2 Å². The minimum Gasteiger partial charge on any atom is -0.353 e. The zero-order chi connectivity index (χ0) is 20.4. The number of piperidine rings is 1. The van der Waals surface area contributed by atoms with E-state index in [9.17, 15) is 9.59 Å². The van der Waals surface area contributed by atoms with Gasteiger partial charge in [0.15, 0.2) is 0 Å². The minimum absolute atomic E-state index is 0.196. The first-order valence-electron chi connectivity index (χ1n) is 10.3. The highest BCUT2D eigenvalue weighted by Crippen LogP contribution is 2.21. The van der Waals surface area contributed by atoms with Crippen molar-refractivity contribution >= 4 is 17.7 Å². The molecule has 2 aliphatic rings. The van der Waals surface area contributed by atoms with Gasteiger partial charge >= 0.3 is 0 Å². The molecule has 0 aliphatic carbocycles. The molecule has 2 aromatic heterocycles. The van der Waals surface area contributed by atoms with Crippen LogP contribution in [-0.4, -0.2) is 64.6 Å². The summed E-state index contributed by atoms with van der Waals surface area (Å²) < 4.78 is 1.44. The van der Waals surface area contributed by atoms with Crippen molar-refractivity contribution in [2.24, 2.45) is 7.05 Å². The Balaban J connectivity index is 1.45. The van der Waals surface area contributed by atoms with Gasteiger partial charge in [0.1, 0.15) is 11.4 Å². The molecule has 0 radical (unpaired) electrons. The van der Waals surface area contributed by atoms with Crippen LogP contribution in [0.3, 0.4) is 0 Å². The predicted octanol–water partition coefficient (Wildman–Crippen LogP) is 1.44. The number of nitrogens with zero attached hydrogens (tertiary/aromatic N) is 6. The highest BCUT2D eigenvalue weighted by molar-refractivity contribution is 5.94. The molecule has 0 spiro atoms. The summed E-state index contributed by atoms with van der Waals surface area (Å²) in [6.45, 7) is 6.54. The van der Waals surface area contributed by atoms with Crippen LogP contribution in [0, 0.1) is 6.92 Å². The normalized spacial score (nSPS) is 17.5. The first kappa shape index (κ1) is 19.4. The molecule has 1 amide bonds. The van der Waals surface area contributed by atoms with Crippen molar-refractivity contribution in [2.75, 3.05) is 49.1 Å². The molecule has 29 heavy (non-hydrogen) atoms. The van der Waals surface area contributed by atoms with Gasteiger partial charge in [-0.05, 0) is 38.3 Å². The first-order valence-corrected chi connectivity index (χ1v) is 10.3. The number of carbonyl (C=O) groups is 1. The molecule has 0 bridgehead atoms. The standard InChI is InChI=1S/C21H28N6O2/c1-16-15-18(23-21(22-16)27-9-4-3-5-10-27)25-11-13-26(14-12-25)20(29)17-7-6-8-24(2)19(17)28/h6-8,15H,3-5,9-14H2,1-2H3. The smallest absolute Gasteiger partial charge is 0.263 e. The molecular weight excluding hydrogens is 368 g/mol. The summed E-state index contributed by atoms with van der Waals surface area (Å²) in [5, 5.41) is 0. The van der Waals surface area contributed by atoms with E-state index < -0.39 is 0 Å². The second-order valence-electron chi connectivity index (χ2n) is 7.83. The Morgan fingerprint density at radius 2 is 1.69 bits per heavy atom. The van der Waals surface area contributed by atoms with Crippen LogP contribution in [-0.2, 0) is 7.05 Å². The monoisotopic (exact) mass is 396 g/mol. The number of carbonyl (C=O) groups excluding carboxylic acids is 1. The Bertz CT molecular complexity index is 942. The fourth-order valence-electron chi connectivity index (χ4n) is 4.00. The van der Waals surface area contributed by atoms with E-state index >= 15 is 0 Å². The third-order valence-electron chi connectivity index (χ3n) is 5.71. The Labute approximate surface area is 170 Å². The van der Waals surface area contributed by atoms with Gasteiger partial charge in [-0.15, -0.1) is 0 Å². The average Bonchev–Trinajstić information content (AvgIpc) is 2.75.